The largest absolute Gasteiger partial charge is 0.417 e. The monoisotopic (exact) mass is 627 g/mol. The predicted molar refractivity (Wildman–Crippen MR) is 152 cm³/mol. The number of rotatable bonds is 10. The lowest BCUT2D eigenvalue weighted by Gasteiger charge is -2.32. The Hall–Kier alpha value is -3.64. The third-order valence-corrected chi connectivity index (χ3v) is 8.45. The van der Waals surface area contributed by atoms with Crippen LogP contribution in [-0.2, 0) is 32.3 Å². The summed E-state index contributed by atoms with van der Waals surface area (Å²) in [5, 5.41) is 2.00. The van der Waals surface area contributed by atoms with Crippen LogP contribution in [-0.4, -0.2) is 43.8 Å². The molecule has 7 nitrogen and oxygen atoms in total. The smallest absolute Gasteiger partial charge is 0.352 e. The van der Waals surface area contributed by atoms with Crippen LogP contribution in [0.4, 0.5) is 23.2 Å². The van der Waals surface area contributed by atoms with Crippen molar-refractivity contribution in [2.45, 2.75) is 57.4 Å². The van der Waals surface area contributed by atoms with Crippen LogP contribution < -0.4 is 9.62 Å². The fourth-order valence-corrected chi connectivity index (χ4v) is 5.68. The lowest BCUT2D eigenvalue weighted by molar-refractivity contribution is -0.139. The molecule has 0 unspecified atom stereocenters. The normalized spacial score (nSPS) is 12.6. The van der Waals surface area contributed by atoms with E-state index in [1.54, 1.807) is 20.8 Å². The number of carbonyl (C=O) groups is 2. The maximum absolute atomic E-state index is 14.6. The molecule has 0 bridgehead atoms. The maximum Gasteiger partial charge on any atom is 0.417 e. The Morgan fingerprint density at radius 2 is 1.60 bits per heavy atom. The van der Waals surface area contributed by atoms with Gasteiger partial charge in [-0.3, -0.25) is 13.9 Å². The molecule has 3 aromatic rings. The molecular weight excluding hydrogens is 598 g/mol. The summed E-state index contributed by atoms with van der Waals surface area (Å²) in [6, 6.07) is 12.0. The Morgan fingerprint density at radius 1 is 0.976 bits per heavy atom. The van der Waals surface area contributed by atoms with Gasteiger partial charge in [-0.25, -0.2) is 12.8 Å². The summed E-state index contributed by atoms with van der Waals surface area (Å²) in [6.07, 6.45) is -4.92. The molecule has 0 aromatic heterocycles. The van der Waals surface area contributed by atoms with E-state index in [1.165, 1.54) is 49.4 Å². The molecule has 226 valence electrons. The van der Waals surface area contributed by atoms with Gasteiger partial charge in [-0.05, 0) is 64.1 Å². The number of sulfonamides is 1. The topological polar surface area (TPSA) is 86.8 Å². The molecule has 42 heavy (non-hydrogen) atoms. The number of halogens is 5. The molecule has 0 heterocycles. The zero-order valence-corrected chi connectivity index (χ0v) is 24.8. The molecule has 0 aliphatic carbocycles. The Balaban J connectivity index is 2.14. The number of benzene rings is 3. The summed E-state index contributed by atoms with van der Waals surface area (Å²) in [5.74, 6) is -2.21. The summed E-state index contributed by atoms with van der Waals surface area (Å²) in [5.41, 5.74) is -1.01. The van der Waals surface area contributed by atoms with Crippen molar-refractivity contribution < 1.29 is 35.6 Å². The molecule has 0 radical (unpaired) electrons. The number of aryl methyl sites for hydroxylation is 1. The van der Waals surface area contributed by atoms with Crippen molar-refractivity contribution in [1.82, 2.24) is 10.2 Å². The minimum Gasteiger partial charge on any atom is -0.352 e. The number of hydrogen-bond acceptors (Lipinski definition) is 4. The summed E-state index contributed by atoms with van der Waals surface area (Å²) in [4.78, 5) is 27.4. The number of carbonyl (C=O) groups excluding carboxylic acids is 2. The van der Waals surface area contributed by atoms with Gasteiger partial charge in [0, 0.05) is 18.2 Å². The van der Waals surface area contributed by atoms with E-state index in [0.717, 1.165) is 28.7 Å². The van der Waals surface area contributed by atoms with E-state index >= 15 is 0 Å². The number of hydrogen-bond donors (Lipinski definition) is 1. The predicted octanol–water partition coefficient (Wildman–Crippen LogP) is 5.94. The quantitative estimate of drug-likeness (QED) is 0.282. The maximum atomic E-state index is 14.6. The summed E-state index contributed by atoms with van der Waals surface area (Å²) in [6.45, 7) is 5.09. The van der Waals surface area contributed by atoms with E-state index < -0.39 is 69.2 Å². The average Bonchev–Trinajstić information content (AvgIpc) is 2.90. The highest BCUT2D eigenvalue weighted by atomic mass is 35.5. The van der Waals surface area contributed by atoms with Gasteiger partial charge in [0.2, 0.25) is 11.8 Å². The van der Waals surface area contributed by atoms with Gasteiger partial charge >= 0.3 is 6.18 Å². The van der Waals surface area contributed by atoms with Gasteiger partial charge in [-0.2, -0.15) is 13.2 Å². The third kappa shape index (κ3) is 7.80. The van der Waals surface area contributed by atoms with Crippen molar-refractivity contribution >= 4 is 39.1 Å². The molecule has 1 N–H and O–H groups in total. The molecule has 0 spiro atoms. The van der Waals surface area contributed by atoms with Gasteiger partial charge in [0.1, 0.15) is 18.4 Å². The molecule has 2 amide bonds. The Morgan fingerprint density at radius 3 is 2.17 bits per heavy atom. The molecule has 1 atom stereocenters. The highest BCUT2D eigenvalue weighted by Gasteiger charge is 2.37. The summed E-state index contributed by atoms with van der Waals surface area (Å²) in [7, 11) is -4.62. The lowest BCUT2D eigenvalue weighted by Crippen LogP contribution is -2.52. The van der Waals surface area contributed by atoms with Crippen LogP contribution in [0.5, 0.6) is 0 Å². The first-order valence-electron chi connectivity index (χ1n) is 12.8. The molecule has 13 heteroatoms. The van der Waals surface area contributed by atoms with Crippen LogP contribution in [0.1, 0.15) is 37.5 Å². The van der Waals surface area contributed by atoms with Crippen molar-refractivity contribution in [3.05, 3.63) is 94.3 Å². The first-order valence-corrected chi connectivity index (χ1v) is 14.6. The molecule has 3 rings (SSSR count). The van der Waals surface area contributed by atoms with Crippen LogP contribution >= 0.6 is 11.6 Å². The van der Waals surface area contributed by atoms with Crippen LogP contribution in [0.2, 0.25) is 5.02 Å². The second-order valence-corrected chi connectivity index (χ2v) is 12.2. The van der Waals surface area contributed by atoms with Gasteiger partial charge in [-0.15, -0.1) is 0 Å². The van der Waals surface area contributed by atoms with Crippen molar-refractivity contribution in [2.75, 3.05) is 10.8 Å². The highest BCUT2D eigenvalue weighted by Crippen LogP contribution is 2.38. The Kier molecular flexibility index (Phi) is 10.3. The van der Waals surface area contributed by atoms with E-state index in [4.69, 9.17) is 11.6 Å². The van der Waals surface area contributed by atoms with Gasteiger partial charge in [0.05, 0.1) is 21.2 Å². The molecular formula is C29H30ClF4N3O4S. The lowest BCUT2D eigenvalue weighted by atomic mass is 10.1. The average molecular weight is 628 g/mol. The standard InChI is InChI=1S/C29H30ClF4N3O4S/c1-18(2)35-28(39)20(4)36(16-21-7-5-6-8-26(21)31)27(38)17-37(42(40,41)23-12-9-19(3)10-13-23)22-11-14-25(30)24(15-22)29(32,33)34/h5-15,18,20H,16-17H2,1-4H3,(H,35,39)/t20-/m1/s1. The molecule has 0 saturated heterocycles. The molecule has 3 aromatic carbocycles. The zero-order valence-electron chi connectivity index (χ0n) is 23.2. The second kappa shape index (κ2) is 13.1. The van der Waals surface area contributed by atoms with Gasteiger partial charge in [-0.1, -0.05) is 47.5 Å². The molecule has 0 saturated carbocycles. The summed E-state index contributed by atoms with van der Waals surface area (Å²) >= 11 is 5.77. The van der Waals surface area contributed by atoms with Gasteiger partial charge in [0.25, 0.3) is 10.0 Å². The fourth-order valence-electron chi connectivity index (χ4n) is 4.05. The fraction of sp³-hybridized carbons (Fsp3) is 0.310. The van der Waals surface area contributed by atoms with E-state index in [2.05, 4.69) is 5.32 Å². The summed E-state index contributed by atoms with van der Waals surface area (Å²) < 4.78 is 83.9. The van der Waals surface area contributed by atoms with E-state index in [-0.39, 0.29) is 16.5 Å². The second-order valence-electron chi connectivity index (χ2n) is 9.94. The van der Waals surface area contributed by atoms with Crippen LogP contribution in [0, 0.1) is 12.7 Å². The number of alkyl halides is 3. The van der Waals surface area contributed by atoms with Crippen LogP contribution in [0.3, 0.4) is 0 Å². The SMILES string of the molecule is Cc1ccc(S(=O)(=O)N(CC(=O)N(Cc2ccccc2F)[C@H](C)C(=O)NC(C)C)c2ccc(Cl)c(C(F)(F)F)c2)cc1. The van der Waals surface area contributed by atoms with Crippen LogP contribution in [0.15, 0.2) is 71.6 Å². The minimum atomic E-state index is -4.92. The Bertz CT molecular complexity index is 1550. The van der Waals surface area contributed by atoms with Crippen LogP contribution in [0.25, 0.3) is 0 Å². The minimum absolute atomic E-state index is 0.0499. The van der Waals surface area contributed by atoms with E-state index in [9.17, 15) is 35.6 Å². The molecule has 0 aliphatic heterocycles. The third-order valence-electron chi connectivity index (χ3n) is 6.33. The van der Waals surface area contributed by atoms with Crippen molar-refractivity contribution in [3.8, 4) is 0 Å². The van der Waals surface area contributed by atoms with Crippen molar-refractivity contribution in [1.29, 1.82) is 0 Å². The van der Waals surface area contributed by atoms with E-state index in [0.29, 0.717) is 10.4 Å². The number of anilines is 1. The Labute approximate surface area is 247 Å². The van der Waals surface area contributed by atoms with Gasteiger partial charge in [0.15, 0.2) is 0 Å². The number of nitrogens with one attached hydrogen (secondary N) is 1. The first kappa shape index (κ1) is 32.9. The van der Waals surface area contributed by atoms with Crippen molar-refractivity contribution in [2.24, 2.45) is 0 Å². The molecule has 0 fully saturated rings. The number of nitrogens with zero attached hydrogens (tertiary/aromatic N) is 2. The van der Waals surface area contributed by atoms with Crippen molar-refractivity contribution in [3.63, 3.8) is 0 Å². The van der Waals surface area contributed by atoms with Gasteiger partial charge < -0.3 is 10.2 Å². The molecule has 0 aliphatic rings. The highest BCUT2D eigenvalue weighted by molar-refractivity contribution is 7.92. The zero-order chi connectivity index (χ0) is 31.4. The van der Waals surface area contributed by atoms with E-state index in [1.807, 2.05) is 0 Å². The number of amides is 2. The first-order chi connectivity index (χ1) is 19.5.